The van der Waals surface area contributed by atoms with Gasteiger partial charge in [0.1, 0.15) is 5.82 Å². The van der Waals surface area contributed by atoms with Crippen molar-refractivity contribution in [1.29, 1.82) is 0 Å². The molecule has 2 atom stereocenters. The number of alkyl carbamates (subject to hydrolysis) is 1. The van der Waals surface area contributed by atoms with Gasteiger partial charge >= 0.3 is 6.09 Å². The Labute approximate surface area is 195 Å². The lowest BCUT2D eigenvalue weighted by atomic mass is 10.0. The Bertz CT molecular complexity index is 966. The van der Waals surface area contributed by atoms with E-state index in [-0.39, 0.29) is 35.9 Å². The number of nitrogens with zero attached hydrogens (tertiary/aromatic N) is 3. The topological polar surface area (TPSA) is 107 Å². The van der Waals surface area contributed by atoms with Crippen LogP contribution in [0.1, 0.15) is 70.6 Å². The van der Waals surface area contributed by atoms with Gasteiger partial charge in [-0.3, -0.25) is 4.79 Å². The molecule has 1 aliphatic carbocycles. The molecule has 33 heavy (non-hydrogen) atoms. The van der Waals surface area contributed by atoms with Crippen molar-refractivity contribution in [2.75, 3.05) is 19.0 Å². The van der Waals surface area contributed by atoms with Crippen LogP contribution < -0.4 is 15.4 Å². The highest BCUT2D eigenvalue weighted by molar-refractivity contribution is 5.91. The molecule has 2 N–H and O–H groups in total. The normalized spacial score (nSPS) is 18.1. The van der Waals surface area contributed by atoms with Crippen LogP contribution in [0.2, 0.25) is 0 Å². The number of hydrogen-bond donors (Lipinski definition) is 2. The summed E-state index contributed by atoms with van der Waals surface area (Å²) in [4.78, 5) is 28.7. The molecule has 9 nitrogen and oxygen atoms in total. The maximum atomic E-state index is 12.8. The summed E-state index contributed by atoms with van der Waals surface area (Å²) in [6, 6.07) is 5.58. The Kier molecular flexibility index (Phi) is 7.94. The van der Waals surface area contributed by atoms with Crippen molar-refractivity contribution in [3.05, 3.63) is 35.7 Å². The minimum Gasteiger partial charge on any atom is -0.481 e. The van der Waals surface area contributed by atoms with Crippen LogP contribution in [0.25, 0.3) is 0 Å². The van der Waals surface area contributed by atoms with Crippen LogP contribution in [0, 0.1) is 0 Å². The van der Waals surface area contributed by atoms with Crippen LogP contribution in [-0.2, 0) is 21.5 Å². The van der Waals surface area contributed by atoms with Crippen molar-refractivity contribution < 1.29 is 19.1 Å². The van der Waals surface area contributed by atoms with Crippen LogP contribution in [0.15, 0.2) is 24.4 Å². The highest BCUT2D eigenvalue weighted by Crippen LogP contribution is 2.36. The van der Waals surface area contributed by atoms with Crippen molar-refractivity contribution >= 4 is 17.8 Å². The summed E-state index contributed by atoms with van der Waals surface area (Å²) in [6.07, 6.45) is 4.87. The monoisotopic (exact) mass is 457 g/mol. The number of amides is 2. The highest BCUT2D eigenvalue weighted by atomic mass is 16.5. The average Bonchev–Trinajstić information content (AvgIpc) is 3.39. The molecule has 3 rings (SSSR count). The number of carbonyl (C=O) groups is 2. The molecular weight excluding hydrogens is 422 g/mol. The summed E-state index contributed by atoms with van der Waals surface area (Å²) >= 11 is 0. The lowest BCUT2D eigenvalue weighted by Crippen LogP contribution is -2.33. The van der Waals surface area contributed by atoms with Crippen molar-refractivity contribution in [3.63, 3.8) is 0 Å². The van der Waals surface area contributed by atoms with Gasteiger partial charge in [0.25, 0.3) is 0 Å². The zero-order valence-electron chi connectivity index (χ0n) is 20.2. The minimum absolute atomic E-state index is 0.0684. The van der Waals surface area contributed by atoms with E-state index in [9.17, 15) is 9.59 Å². The molecule has 0 spiro atoms. The van der Waals surface area contributed by atoms with Gasteiger partial charge in [-0.1, -0.05) is 6.92 Å². The first kappa shape index (κ1) is 24.5. The molecule has 2 aromatic heterocycles. The smallest absolute Gasteiger partial charge is 0.407 e. The van der Waals surface area contributed by atoms with Crippen LogP contribution in [-0.4, -0.2) is 46.5 Å². The van der Waals surface area contributed by atoms with Gasteiger partial charge in [-0.2, -0.15) is 5.10 Å². The molecule has 2 heterocycles. The van der Waals surface area contributed by atoms with Gasteiger partial charge in [0.15, 0.2) is 0 Å². The number of hydrogen-bond acceptors (Lipinski definition) is 6. The number of ether oxygens (including phenoxy) is 2. The van der Waals surface area contributed by atoms with Crippen LogP contribution in [0.4, 0.5) is 10.6 Å². The largest absolute Gasteiger partial charge is 0.481 e. The van der Waals surface area contributed by atoms with E-state index in [1.165, 1.54) is 0 Å². The SMILES string of the molecule is CCCOC(=O)NC1CCC(c2cc(NC(=O)Cc3ccnc(OC)c3)n(C(C)(C)C)n2)C1. The Morgan fingerprint density at radius 2 is 2.03 bits per heavy atom. The number of methoxy groups -OCH3 is 1. The fourth-order valence-electron chi connectivity index (χ4n) is 4.03. The molecule has 2 aromatic rings. The quantitative estimate of drug-likeness (QED) is 0.621. The summed E-state index contributed by atoms with van der Waals surface area (Å²) in [5, 5.41) is 10.8. The van der Waals surface area contributed by atoms with E-state index in [1.807, 2.05) is 17.7 Å². The summed E-state index contributed by atoms with van der Waals surface area (Å²) in [7, 11) is 1.55. The summed E-state index contributed by atoms with van der Waals surface area (Å²) in [6.45, 7) is 8.55. The molecule has 0 bridgehead atoms. The molecule has 180 valence electrons. The number of nitrogens with one attached hydrogen (secondary N) is 2. The zero-order valence-corrected chi connectivity index (χ0v) is 20.2. The number of rotatable bonds is 8. The van der Waals surface area contributed by atoms with E-state index >= 15 is 0 Å². The first-order valence-electron chi connectivity index (χ1n) is 11.5. The molecule has 1 aliphatic rings. The zero-order chi connectivity index (χ0) is 24.0. The van der Waals surface area contributed by atoms with Crippen molar-refractivity contribution in [3.8, 4) is 5.88 Å². The van der Waals surface area contributed by atoms with Crippen LogP contribution in [0.5, 0.6) is 5.88 Å². The third-order valence-electron chi connectivity index (χ3n) is 5.61. The van der Waals surface area contributed by atoms with Crippen molar-refractivity contribution in [2.24, 2.45) is 0 Å². The maximum absolute atomic E-state index is 12.8. The molecule has 0 aromatic carbocycles. The molecule has 0 radical (unpaired) electrons. The molecule has 2 amide bonds. The lowest BCUT2D eigenvalue weighted by Gasteiger charge is -2.22. The van der Waals surface area contributed by atoms with Gasteiger partial charge in [-0.25, -0.2) is 14.5 Å². The van der Waals surface area contributed by atoms with E-state index in [0.717, 1.165) is 36.9 Å². The second-order valence-corrected chi connectivity index (χ2v) is 9.46. The van der Waals surface area contributed by atoms with Crippen molar-refractivity contribution in [1.82, 2.24) is 20.1 Å². The van der Waals surface area contributed by atoms with Crippen LogP contribution in [0.3, 0.4) is 0 Å². The predicted molar refractivity (Wildman–Crippen MR) is 126 cm³/mol. The number of anilines is 1. The second-order valence-electron chi connectivity index (χ2n) is 9.46. The van der Waals surface area contributed by atoms with E-state index in [0.29, 0.717) is 18.3 Å². The Morgan fingerprint density at radius 3 is 2.73 bits per heavy atom. The van der Waals surface area contributed by atoms with Crippen molar-refractivity contribution in [2.45, 2.75) is 77.3 Å². The van der Waals surface area contributed by atoms with Crippen LogP contribution >= 0.6 is 0 Å². The van der Waals surface area contributed by atoms with E-state index in [1.54, 1.807) is 25.4 Å². The van der Waals surface area contributed by atoms with Gasteiger partial charge in [0.05, 0.1) is 31.4 Å². The molecule has 0 aliphatic heterocycles. The second kappa shape index (κ2) is 10.7. The van der Waals surface area contributed by atoms with E-state index < -0.39 is 0 Å². The number of aromatic nitrogens is 3. The molecule has 0 saturated heterocycles. The molecule has 9 heteroatoms. The van der Waals surface area contributed by atoms with E-state index in [4.69, 9.17) is 14.6 Å². The summed E-state index contributed by atoms with van der Waals surface area (Å²) in [5.74, 6) is 1.22. The van der Waals surface area contributed by atoms with E-state index in [2.05, 4.69) is 36.4 Å². The van der Waals surface area contributed by atoms with Gasteiger partial charge in [0, 0.05) is 30.3 Å². The Hall–Kier alpha value is -3.10. The third kappa shape index (κ3) is 6.69. The minimum atomic E-state index is -0.358. The predicted octanol–water partition coefficient (Wildman–Crippen LogP) is 4.00. The van der Waals surface area contributed by atoms with Gasteiger partial charge in [0.2, 0.25) is 11.8 Å². The van der Waals surface area contributed by atoms with Gasteiger partial charge < -0.3 is 20.1 Å². The average molecular weight is 458 g/mol. The van der Waals surface area contributed by atoms with Gasteiger partial charge in [-0.05, 0) is 58.1 Å². The molecule has 2 unspecified atom stereocenters. The molecule has 1 fully saturated rings. The maximum Gasteiger partial charge on any atom is 0.407 e. The number of carbonyl (C=O) groups excluding carboxylic acids is 2. The Balaban J connectivity index is 1.68. The fraction of sp³-hybridized carbons (Fsp3) is 0.583. The van der Waals surface area contributed by atoms with Gasteiger partial charge in [-0.15, -0.1) is 0 Å². The lowest BCUT2D eigenvalue weighted by molar-refractivity contribution is -0.115. The molecule has 1 saturated carbocycles. The summed E-state index contributed by atoms with van der Waals surface area (Å²) in [5.41, 5.74) is 1.44. The first-order valence-corrected chi connectivity index (χ1v) is 11.5. The standard InChI is InChI=1S/C24H35N5O4/c1-6-11-33-23(31)26-18-8-7-17(14-18)19-15-20(29(28-19)24(2,3)4)27-21(30)12-16-9-10-25-22(13-16)32-5/h9-10,13,15,17-18H,6-8,11-12,14H2,1-5H3,(H,26,31)(H,27,30). The highest BCUT2D eigenvalue weighted by Gasteiger charge is 2.31. The number of pyridine rings is 1. The summed E-state index contributed by atoms with van der Waals surface area (Å²) < 4.78 is 12.1. The third-order valence-corrected chi connectivity index (χ3v) is 5.61. The fourth-order valence-corrected chi connectivity index (χ4v) is 4.03. The first-order chi connectivity index (χ1) is 15.7. The Morgan fingerprint density at radius 1 is 1.24 bits per heavy atom. The molecular formula is C24H35N5O4.